The van der Waals surface area contributed by atoms with E-state index >= 15 is 0 Å². The predicted molar refractivity (Wildman–Crippen MR) is 71.8 cm³/mol. The summed E-state index contributed by atoms with van der Waals surface area (Å²) in [6.07, 6.45) is 0. The van der Waals surface area contributed by atoms with Crippen molar-refractivity contribution in [1.29, 1.82) is 0 Å². The van der Waals surface area contributed by atoms with E-state index in [-0.39, 0.29) is 11.9 Å². The molecule has 0 aromatic heterocycles. The Morgan fingerprint density at radius 1 is 1.42 bits per heavy atom. The molecule has 1 aliphatic heterocycles. The van der Waals surface area contributed by atoms with Crippen molar-refractivity contribution in [3.8, 4) is 5.75 Å². The van der Waals surface area contributed by atoms with Gasteiger partial charge in [0.2, 0.25) is 0 Å². The summed E-state index contributed by atoms with van der Waals surface area (Å²) in [5.74, 6) is 0.244. The van der Waals surface area contributed by atoms with Gasteiger partial charge in [0.25, 0.3) is 0 Å². The quantitative estimate of drug-likeness (QED) is 0.880. The lowest BCUT2D eigenvalue weighted by Gasteiger charge is -2.26. The SMILES string of the molecule is C[C@H](N)c1ccc(OCCN2CCOCC2)cc1F. The van der Waals surface area contributed by atoms with Crippen molar-refractivity contribution in [3.63, 3.8) is 0 Å². The van der Waals surface area contributed by atoms with Crippen LogP contribution >= 0.6 is 0 Å². The molecule has 1 atom stereocenters. The summed E-state index contributed by atoms with van der Waals surface area (Å²) in [4.78, 5) is 2.27. The Hall–Kier alpha value is -1.17. The van der Waals surface area contributed by atoms with Crippen LogP contribution in [0.1, 0.15) is 18.5 Å². The fourth-order valence-corrected chi connectivity index (χ4v) is 2.08. The van der Waals surface area contributed by atoms with Crippen LogP contribution in [0, 0.1) is 5.82 Å². The van der Waals surface area contributed by atoms with Crippen molar-refractivity contribution in [1.82, 2.24) is 4.90 Å². The van der Waals surface area contributed by atoms with Crippen LogP contribution in [0.3, 0.4) is 0 Å². The molecule has 1 aromatic rings. The van der Waals surface area contributed by atoms with Crippen LogP contribution < -0.4 is 10.5 Å². The molecular formula is C14H21FN2O2. The lowest BCUT2D eigenvalue weighted by Crippen LogP contribution is -2.38. The first-order valence-corrected chi connectivity index (χ1v) is 6.65. The maximum atomic E-state index is 13.7. The Balaban J connectivity index is 1.81. The fraction of sp³-hybridized carbons (Fsp3) is 0.571. The second-order valence-electron chi connectivity index (χ2n) is 4.77. The van der Waals surface area contributed by atoms with E-state index in [4.69, 9.17) is 15.2 Å². The van der Waals surface area contributed by atoms with Gasteiger partial charge in [0, 0.05) is 37.3 Å². The first-order valence-electron chi connectivity index (χ1n) is 6.65. The largest absolute Gasteiger partial charge is 0.492 e. The van der Waals surface area contributed by atoms with Crippen LogP contribution in [0.5, 0.6) is 5.75 Å². The molecular weight excluding hydrogens is 247 g/mol. The van der Waals surface area contributed by atoms with Crippen molar-refractivity contribution < 1.29 is 13.9 Å². The van der Waals surface area contributed by atoms with Crippen LogP contribution in [0.4, 0.5) is 4.39 Å². The number of hydrogen-bond donors (Lipinski definition) is 1. The summed E-state index contributed by atoms with van der Waals surface area (Å²) in [6, 6.07) is 4.55. The molecule has 5 heteroatoms. The highest BCUT2D eigenvalue weighted by atomic mass is 19.1. The maximum absolute atomic E-state index is 13.7. The molecule has 0 spiro atoms. The molecule has 19 heavy (non-hydrogen) atoms. The highest BCUT2D eigenvalue weighted by Gasteiger charge is 2.11. The second kappa shape index (κ2) is 6.84. The number of rotatable bonds is 5. The zero-order valence-electron chi connectivity index (χ0n) is 11.3. The van der Waals surface area contributed by atoms with Gasteiger partial charge in [0.05, 0.1) is 13.2 Å². The first kappa shape index (κ1) is 14.2. The maximum Gasteiger partial charge on any atom is 0.131 e. The Morgan fingerprint density at radius 2 is 2.16 bits per heavy atom. The van der Waals surface area contributed by atoms with Gasteiger partial charge >= 0.3 is 0 Å². The molecule has 2 N–H and O–H groups in total. The van der Waals surface area contributed by atoms with E-state index in [0.717, 1.165) is 32.8 Å². The molecule has 1 aliphatic rings. The minimum atomic E-state index is -0.307. The average molecular weight is 268 g/mol. The molecule has 0 bridgehead atoms. The van der Waals surface area contributed by atoms with Crippen molar-refractivity contribution in [2.24, 2.45) is 5.73 Å². The molecule has 1 saturated heterocycles. The summed E-state index contributed by atoms with van der Waals surface area (Å²) in [6.45, 7) is 6.56. The van der Waals surface area contributed by atoms with Gasteiger partial charge in [0.1, 0.15) is 18.2 Å². The van der Waals surface area contributed by atoms with Gasteiger partial charge in [-0.15, -0.1) is 0 Å². The number of ether oxygens (including phenoxy) is 2. The Kier molecular flexibility index (Phi) is 5.13. The lowest BCUT2D eigenvalue weighted by atomic mass is 10.1. The minimum absolute atomic E-state index is 0.303. The fourth-order valence-electron chi connectivity index (χ4n) is 2.08. The lowest BCUT2D eigenvalue weighted by molar-refractivity contribution is 0.0322. The number of halogens is 1. The van der Waals surface area contributed by atoms with E-state index in [0.29, 0.717) is 17.9 Å². The standard InChI is InChI=1S/C14H21FN2O2/c1-11(16)13-3-2-12(10-14(13)15)19-9-6-17-4-7-18-8-5-17/h2-3,10-11H,4-9,16H2,1H3/t11-/m0/s1. The van der Waals surface area contributed by atoms with E-state index in [1.54, 1.807) is 19.1 Å². The number of morpholine rings is 1. The Bertz CT molecular complexity index is 406. The zero-order chi connectivity index (χ0) is 13.7. The minimum Gasteiger partial charge on any atom is -0.492 e. The van der Waals surface area contributed by atoms with Gasteiger partial charge in [-0.3, -0.25) is 4.90 Å². The number of hydrogen-bond acceptors (Lipinski definition) is 4. The van der Waals surface area contributed by atoms with E-state index in [2.05, 4.69) is 4.90 Å². The molecule has 2 rings (SSSR count). The second-order valence-corrected chi connectivity index (χ2v) is 4.77. The van der Waals surface area contributed by atoms with Crippen LogP contribution in [0.25, 0.3) is 0 Å². The van der Waals surface area contributed by atoms with Gasteiger partial charge in [-0.2, -0.15) is 0 Å². The Labute approximate surface area is 113 Å². The van der Waals surface area contributed by atoms with E-state index in [9.17, 15) is 4.39 Å². The normalized spacial score (nSPS) is 18.3. The molecule has 0 amide bonds. The van der Waals surface area contributed by atoms with Crippen LogP contribution in [-0.4, -0.2) is 44.4 Å². The van der Waals surface area contributed by atoms with E-state index in [1.807, 2.05) is 0 Å². The third-order valence-corrected chi connectivity index (χ3v) is 3.24. The molecule has 1 heterocycles. The molecule has 0 unspecified atom stereocenters. The van der Waals surface area contributed by atoms with Crippen LogP contribution in [0.15, 0.2) is 18.2 Å². The van der Waals surface area contributed by atoms with Gasteiger partial charge in [-0.05, 0) is 13.0 Å². The summed E-state index contributed by atoms with van der Waals surface area (Å²) >= 11 is 0. The number of benzene rings is 1. The number of nitrogens with two attached hydrogens (primary N) is 1. The predicted octanol–water partition coefficient (Wildman–Crippen LogP) is 1.56. The van der Waals surface area contributed by atoms with Crippen molar-refractivity contribution in [2.45, 2.75) is 13.0 Å². The van der Waals surface area contributed by atoms with Gasteiger partial charge in [0.15, 0.2) is 0 Å². The third-order valence-electron chi connectivity index (χ3n) is 3.24. The molecule has 4 nitrogen and oxygen atoms in total. The Morgan fingerprint density at radius 3 is 2.79 bits per heavy atom. The monoisotopic (exact) mass is 268 g/mol. The average Bonchev–Trinajstić information content (AvgIpc) is 2.39. The van der Waals surface area contributed by atoms with Crippen LogP contribution in [0.2, 0.25) is 0 Å². The molecule has 0 aliphatic carbocycles. The van der Waals surface area contributed by atoms with Crippen molar-refractivity contribution >= 4 is 0 Å². The number of nitrogens with zero attached hydrogens (tertiary/aromatic N) is 1. The molecule has 1 fully saturated rings. The van der Waals surface area contributed by atoms with Crippen LogP contribution in [-0.2, 0) is 4.74 Å². The summed E-state index contributed by atoms with van der Waals surface area (Å²) in [5.41, 5.74) is 6.18. The molecule has 106 valence electrons. The van der Waals surface area contributed by atoms with E-state index in [1.165, 1.54) is 6.07 Å². The smallest absolute Gasteiger partial charge is 0.131 e. The molecule has 0 radical (unpaired) electrons. The first-order chi connectivity index (χ1) is 9.16. The van der Waals surface area contributed by atoms with Gasteiger partial charge in [-0.25, -0.2) is 4.39 Å². The van der Waals surface area contributed by atoms with Gasteiger partial charge < -0.3 is 15.2 Å². The van der Waals surface area contributed by atoms with E-state index < -0.39 is 0 Å². The summed E-state index contributed by atoms with van der Waals surface area (Å²) in [5, 5.41) is 0. The van der Waals surface area contributed by atoms with Crippen molar-refractivity contribution in [3.05, 3.63) is 29.6 Å². The highest BCUT2D eigenvalue weighted by molar-refractivity contribution is 5.30. The zero-order valence-corrected chi connectivity index (χ0v) is 11.3. The topological polar surface area (TPSA) is 47.7 Å². The van der Waals surface area contributed by atoms with Crippen molar-refractivity contribution in [2.75, 3.05) is 39.5 Å². The third kappa shape index (κ3) is 4.16. The molecule has 1 aromatic carbocycles. The molecule has 0 saturated carbocycles. The summed E-state index contributed by atoms with van der Waals surface area (Å²) < 4.78 is 24.5. The highest BCUT2D eigenvalue weighted by Crippen LogP contribution is 2.20. The van der Waals surface area contributed by atoms with Gasteiger partial charge in [-0.1, -0.05) is 6.07 Å². The summed E-state index contributed by atoms with van der Waals surface area (Å²) in [7, 11) is 0.